The largest absolute Gasteiger partial charge is 0.376 e. The molecule has 0 amide bonds. The summed E-state index contributed by atoms with van der Waals surface area (Å²) in [6.07, 6.45) is 39.4. The van der Waals surface area contributed by atoms with Gasteiger partial charge in [0, 0.05) is 66.8 Å². The molecule has 0 spiro atoms. The summed E-state index contributed by atoms with van der Waals surface area (Å²) in [6.45, 7) is 16.0. The van der Waals surface area contributed by atoms with Gasteiger partial charge < -0.3 is 4.74 Å². The number of ether oxygens (including phenoxy) is 1. The van der Waals surface area contributed by atoms with E-state index in [1.807, 2.05) is 36.4 Å². The standard InChI is InChI=1S/C57H70F2N2OSi/c1-37-27-29-49-45(33-37)51-53(60(49)35-39-19-9-15-25-47(39)58)41-21-11-13-23-43(41)55(51)63(6,32-18-8-7-17-31-62-57(3,4)5)56-44-24-14-12-22-42(44)54-52(56)46-34-38(2)28-30-50(46)61(54)36-40-20-10-16-26-48(40)59/h9-16,19-30,33-34,41-46,49-56H,7-8,17-18,31-32,35-36H2,1-6H3. The normalized spacial score (nSPS) is 37.0. The number of rotatable bonds is 13. The summed E-state index contributed by atoms with van der Waals surface area (Å²) in [5, 5.41) is 0. The van der Waals surface area contributed by atoms with Crippen molar-refractivity contribution in [2.45, 2.75) is 127 Å². The number of hydrogen-bond donors (Lipinski definition) is 0. The van der Waals surface area contributed by atoms with Crippen LogP contribution in [0.4, 0.5) is 8.78 Å². The topological polar surface area (TPSA) is 15.7 Å². The van der Waals surface area contributed by atoms with E-state index in [0.717, 1.165) is 24.2 Å². The van der Waals surface area contributed by atoms with E-state index in [-0.39, 0.29) is 29.3 Å². The number of hydrogen-bond acceptors (Lipinski definition) is 3. The average molecular weight is 865 g/mol. The van der Waals surface area contributed by atoms with Crippen LogP contribution in [0, 0.1) is 59.0 Å². The molecule has 2 heterocycles. The summed E-state index contributed by atoms with van der Waals surface area (Å²) in [6, 6.07) is 17.4. The quantitative estimate of drug-likeness (QED) is 0.147. The van der Waals surface area contributed by atoms with Gasteiger partial charge in [-0.25, -0.2) is 8.78 Å². The lowest BCUT2D eigenvalue weighted by Gasteiger charge is -2.50. The van der Waals surface area contributed by atoms with Crippen LogP contribution in [-0.2, 0) is 17.8 Å². The second-order valence-electron chi connectivity index (χ2n) is 21.9. The molecule has 3 nitrogen and oxygen atoms in total. The molecule has 6 aliphatic carbocycles. The van der Waals surface area contributed by atoms with E-state index in [1.54, 1.807) is 12.1 Å². The van der Waals surface area contributed by atoms with Crippen molar-refractivity contribution in [1.82, 2.24) is 9.80 Å². The Labute approximate surface area is 378 Å². The third-order valence-electron chi connectivity index (χ3n) is 17.2. The molecule has 0 aromatic heterocycles. The lowest BCUT2D eigenvalue weighted by Crippen LogP contribution is -2.51. The van der Waals surface area contributed by atoms with Crippen molar-refractivity contribution in [2.24, 2.45) is 47.3 Å². The van der Waals surface area contributed by atoms with Crippen LogP contribution >= 0.6 is 0 Å². The van der Waals surface area contributed by atoms with Crippen molar-refractivity contribution in [3.05, 3.63) is 168 Å². The molecule has 2 aromatic rings. The fourth-order valence-corrected chi connectivity index (χ4v) is 22.2. The number of halogens is 2. The molecule has 6 heteroatoms. The SMILES string of the molecule is CC1=CC2C3C(C4C=CC=CC4C3[Si](C)(CCCCCCOC(C)(C)C)C3C4C=CC=CC4C4C3C3C=C(C)C=CC3N4Cc3ccccc3F)N(Cc3ccccc3F)C2C=C1. The van der Waals surface area contributed by atoms with Crippen molar-refractivity contribution in [3.63, 3.8) is 0 Å². The van der Waals surface area contributed by atoms with Crippen molar-refractivity contribution in [3.8, 4) is 0 Å². The summed E-state index contributed by atoms with van der Waals surface area (Å²) in [5.74, 6) is 3.17. The van der Waals surface area contributed by atoms with Gasteiger partial charge in [0.15, 0.2) is 0 Å². The average Bonchev–Trinajstić information content (AvgIpc) is 3.97. The van der Waals surface area contributed by atoms with Crippen LogP contribution in [0.5, 0.6) is 0 Å². The van der Waals surface area contributed by atoms with Crippen LogP contribution in [0.25, 0.3) is 0 Å². The lowest BCUT2D eigenvalue weighted by atomic mass is 9.82. The van der Waals surface area contributed by atoms with Gasteiger partial charge in [-0.1, -0.05) is 164 Å². The highest BCUT2D eigenvalue weighted by atomic mass is 28.3. The van der Waals surface area contributed by atoms with Gasteiger partial charge in [-0.2, -0.15) is 0 Å². The maximum atomic E-state index is 15.7. The first-order chi connectivity index (χ1) is 30.4. The molecule has 0 N–H and O–H groups in total. The van der Waals surface area contributed by atoms with Gasteiger partial charge in [-0.15, -0.1) is 0 Å². The predicted molar refractivity (Wildman–Crippen MR) is 257 cm³/mol. The van der Waals surface area contributed by atoms with E-state index in [4.69, 9.17) is 4.74 Å². The highest BCUT2D eigenvalue weighted by Crippen LogP contribution is 2.71. The number of benzene rings is 2. The van der Waals surface area contributed by atoms with Crippen molar-refractivity contribution in [1.29, 1.82) is 0 Å². The van der Waals surface area contributed by atoms with Gasteiger partial charge in [-0.3, -0.25) is 9.80 Å². The first-order valence-corrected chi connectivity index (χ1v) is 27.3. The molecule has 2 saturated carbocycles. The fourth-order valence-electron chi connectivity index (χ4n) is 15.1. The van der Waals surface area contributed by atoms with E-state index in [1.165, 1.54) is 36.5 Å². The van der Waals surface area contributed by atoms with Gasteiger partial charge in [0.05, 0.1) is 13.7 Å². The molecular weight excluding hydrogens is 795 g/mol. The van der Waals surface area contributed by atoms with Crippen LogP contribution in [0.15, 0.2) is 145 Å². The molecule has 0 radical (unpaired) electrons. The summed E-state index contributed by atoms with van der Waals surface area (Å²) < 4.78 is 37.6. The molecule has 14 atom stereocenters. The van der Waals surface area contributed by atoms with Crippen molar-refractivity contribution in [2.75, 3.05) is 6.61 Å². The van der Waals surface area contributed by atoms with Crippen LogP contribution in [0.1, 0.15) is 71.4 Å². The maximum Gasteiger partial charge on any atom is 0.127 e. The van der Waals surface area contributed by atoms with E-state index in [0.29, 0.717) is 83.6 Å². The number of fused-ring (bicyclic) bond motifs is 10. The monoisotopic (exact) mass is 865 g/mol. The Balaban J connectivity index is 1.09. The van der Waals surface area contributed by atoms with Gasteiger partial charge in [0.1, 0.15) is 11.6 Å². The summed E-state index contributed by atoms with van der Waals surface area (Å²) in [4.78, 5) is 5.50. The minimum absolute atomic E-state index is 0.0953. The predicted octanol–water partition coefficient (Wildman–Crippen LogP) is 13.2. The van der Waals surface area contributed by atoms with Crippen LogP contribution < -0.4 is 0 Å². The summed E-state index contributed by atoms with van der Waals surface area (Å²) in [7, 11) is -2.34. The Hall–Kier alpha value is -3.68. The van der Waals surface area contributed by atoms with Crippen LogP contribution in [0.3, 0.4) is 0 Å². The lowest BCUT2D eigenvalue weighted by molar-refractivity contribution is -0.00471. The molecule has 2 saturated heterocycles. The van der Waals surface area contributed by atoms with Crippen molar-refractivity contribution >= 4 is 8.07 Å². The zero-order valence-electron chi connectivity index (χ0n) is 38.5. The second kappa shape index (κ2) is 17.3. The third-order valence-corrected chi connectivity index (χ3v) is 23.2. The maximum absolute atomic E-state index is 15.7. The number of nitrogens with zero attached hydrogens (tertiary/aromatic N) is 2. The van der Waals surface area contributed by atoms with Gasteiger partial charge >= 0.3 is 0 Å². The first-order valence-electron chi connectivity index (χ1n) is 24.5. The summed E-state index contributed by atoms with van der Waals surface area (Å²) in [5.41, 5.74) is 5.34. The van der Waals surface area contributed by atoms with E-state index in [2.05, 4.69) is 136 Å². The molecule has 332 valence electrons. The highest BCUT2D eigenvalue weighted by molar-refractivity contribution is 6.82. The minimum atomic E-state index is -2.34. The van der Waals surface area contributed by atoms with E-state index < -0.39 is 8.07 Å². The zero-order chi connectivity index (χ0) is 43.6. The summed E-state index contributed by atoms with van der Waals surface area (Å²) >= 11 is 0. The van der Waals surface area contributed by atoms with Gasteiger partial charge in [-0.05, 0) is 99.8 Å². The smallest absolute Gasteiger partial charge is 0.127 e. The number of allylic oxidation sites excluding steroid dienone is 10. The van der Waals surface area contributed by atoms with Gasteiger partial charge in [0.2, 0.25) is 0 Å². The van der Waals surface area contributed by atoms with Crippen LogP contribution in [-0.4, -0.2) is 54.2 Å². The van der Waals surface area contributed by atoms with Crippen LogP contribution in [0.2, 0.25) is 23.7 Å². The fraction of sp³-hybridized carbons (Fsp3) is 0.509. The minimum Gasteiger partial charge on any atom is -0.376 e. The Kier molecular flexibility index (Phi) is 11.9. The number of likely N-dealkylation sites (tertiary alicyclic amines) is 2. The molecule has 4 fully saturated rings. The Bertz CT molecular complexity index is 2140. The molecule has 14 unspecified atom stereocenters. The number of unbranched alkanes of at least 4 members (excludes halogenated alkanes) is 3. The Morgan fingerprint density at radius 2 is 1.02 bits per heavy atom. The molecule has 2 aliphatic heterocycles. The van der Waals surface area contributed by atoms with E-state index >= 15 is 8.78 Å². The first kappa shape index (κ1) is 43.2. The van der Waals surface area contributed by atoms with E-state index in [9.17, 15) is 0 Å². The molecular formula is C57H70F2N2OSi. The third kappa shape index (κ3) is 7.77. The molecule has 8 aliphatic rings. The molecule has 10 rings (SSSR count). The highest BCUT2D eigenvalue weighted by Gasteiger charge is 2.70. The molecule has 63 heavy (non-hydrogen) atoms. The molecule has 2 aromatic carbocycles. The Morgan fingerprint density at radius 3 is 1.48 bits per heavy atom. The van der Waals surface area contributed by atoms with Crippen molar-refractivity contribution < 1.29 is 13.5 Å². The van der Waals surface area contributed by atoms with Gasteiger partial charge in [0.25, 0.3) is 0 Å². The second-order valence-corrected chi connectivity index (χ2v) is 26.7. The molecule has 0 bridgehead atoms. The zero-order valence-corrected chi connectivity index (χ0v) is 39.5. The Morgan fingerprint density at radius 1 is 0.571 bits per heavy atom.